The third kappa shape index (κ3) is 4.82. The van der Waals surface area contributed by atoms with E-state index in [9.17, 15) is 4.39 Å². The zero-order chi connectivity index (χ0) is 12.0. The van der Waals surface area contributed by atoms with Gasteiger partial charge < -0.3 is 4.55 Å². The molecule has 2 aromatic carbocycles. The van der Waals surface area contributed by atoms with Crippen molar-refractivity contribution < 1.29 is 8.94 Å². The number of thiol groups is 1. The van der Waals surface area contributed by atoms with E-state index in [0.717, 1.165) is 16.7 Å². The van der Waals surface area contributed by atoms with Crippen LogP contribution in [0.5, 0.6) is 0 Å². The molecule has 0 heterocycles. The summed E-state index contributed by atoms with van der Waals surface area (Å²) in [7, 11) is 0. The van der Waals surface area contributed by atoms with Crippen LogP contribution in [0, 0.1) is 18.8 Å². The van der Waals surface area contributed by atoms with E-state index in [4.69, 9.17) is 4.55 Å². The summed E-state index contributed by atoms with van der Waals surface area (Å²) in [5.41, 5.74) is 3.05. The van der Waals surface area contributed by atoms with Crippen molar-refractivity contribution in [3.05, 3.63) is 59.9 Å². The Hall–Kier alpha value is -0.320. The fourth-order valence-electron chi connectivity index (χ4n) is 1.47. The first-order chi connectivity index (χ1) is 7.77. The third-order valence-corrected chi connectivity index (χ3v) is 2.23. The molecule has 0 amide bonds. The van der Waals surface area contributed by atoms with Gasteiger partial charge in [0.25, 0.3) is 0 Å². The summed E-state index contributed by atoms with van der Waals surface area (Å²) in [5, 5.41) is 0. The second kappa shape index (κ2) is 8.72. The van der Waals surface area contributed by atoms with Crippen molar-refractivity contribution in [3.8, 4) is 11.1 Å². The monoisotopic (exact) mass is 259 g/mol. The molecular weight excluding hydrogens is 246 g/mol. The fourth-order valence-corrected chi connectivity index (χ4v) is 1.47. The Balaban J connectivity index is 0.000000811. The Morgan fingerprint density at radius 3 is 2.29 bits per heavy atom. The van der Waals surface area contributed by atoms with Gasteiger partial charge in [-0.1, -0.05) is 30.3 Å². The Bertz CT molecular complexity index is 448. The van der Waals surface area contributed by atoms with Gasteiger partial charge in [-0.15, -0.1) is 0 Å². The normalized spacial score (nSPS) is 8.71. The van der Waals surface area contributed by atoms with Crippen molar-refractivity contribution in [1.29, 1.82) is 0 Å². The van der Waals surface area contributed by atoms with E-state index < -0.39 is 0 Å². The first kappa shape index (κ1) is 16.7. The molecule has 0 saturated heterocycles. The summed E-state index contributed by atoms with van der Waals surface area (Å²) in [4.78, 5) is 0. The number of hydrogen-bond donors (Lipinski definition) is 2. The van der Waals surface area contributed by atoms with Gasteiger partial charge in [-0.05, 0) is 54.7 Å². The van der Waals surface area contributed by atoms with E-state index in [1.54, 1.807) is 12.1 Å². The number of rotatable bonds is 1. The van der Waals surface area contributed by atoms with Gasteiger partial charge in [0.05, 0.1) is 0 Å². The summed E-state index contributed by atoms with van der Waals surface area (Å²) in [6.45, 7) is 1.98. The van der Waals surface area contributed by atoms with Crippen LogP contribution in [0.1, 0.15) is 5.56 Å². The van der Waals surface area contributed by atoms with E-state index in [2.05, 4.69) is 19.0 Å². The maximum absolute atomic E-state index is 13.0. The third-order valence-electron chi connectivity index (χ3n) is 2.23. The Kier molecular flexibility index (Phi) is 8.56. The SMILES string of the molecule is Cc1ccc(F)cc1-c1cc[c]cc1.OS.[NaH]. The second-order valence-corrected chi connectivity index (χ2v) is 3.25. The molecule has 0 saturated carbocycles. The van der Waals surface area contributed by atoms with Crippen molar-refractivity contribution in [2.24, 2.45) is 0 Å². The fraction of sp³-hybridized carbons (Fsp3) is 0.0769. The zero-order valence-corrected chi connectivity index (χ0v) is 9.71. The molecule has 2 aromatic rings. The molecule has 0 spiro atoms. The van der Waals surface area contributed by atoms with Gasteiger partial charge in [-0.2, -0.15) is 0 Å². The molecule has 0 aliphatic rings. The van der Waals surface area contributed by atoms with Gasteiger partial charge in [-0.3, -0.25) is 0 Å². The molecule has 0 aliphatic heterocycles. The molecule has 4 heteroatoms. The molecule has 0 unspecified atom stereocenters. The topological polar surface area (TPSA) is 20.2 Å². The van der Waals surface area contributed by atoms with Crippen LogP contribution in [0.15, 0.2) is 42.5 Å². The van der Waals surface area contributed by atoms with Gasteiger partial charge in [-0.25, -0.2) is 4.39 Å². The van der Waals surface area contributed by atoms with Crippen molar-refractivity contribution >= 4 is 42.5 Å². The quantitative estimate of drug-likeness (QED) is 0.457. The Labute approximate surface area is 129 Å². The minimum atomic E-state index is -0.196. The molecule has 0 fully saturated rings. The molecule has 2 rings (SSSR count). The van der Waals surface area contributed by atoms with Crippen molar-refractivity contribution in [1.82, 2.24) is 0 Å². The molecule has 1 nitrogen and oxygen atoms in total. The van der Waals surface area contributed by atoms with Gasteiger partial charge in [0.15, 0.2) is 0 Å². The minimum absolute atomic E-state index is 0. The number of benzene rings is 2. The van der Waals surface area contributed by atoms with Crippen LogP contribution in [0.3, 0.4) is 0 Å². The van der Waals surface area contributed by atoms with Crippen LogP contribution in [0.4, 0.5) is 4.39 Å². The van der Waals surface area contributed by atoms with Crippen LogP contribution in [0.25, 0.3) is 11.1 Å². The molecule has 1 N–H and O–H groups in total. The summed E-state index contributed by atoms with van der Waals surface area (Å²) >= 11 is 2.53. The standard InChI is InChI=1S/C13H10F.Na.H2OS.H/c1-10-7-8-12(14)9-13(10)11-5-3-2-4-6-11;;1-2;/h3-9H,1H3;;1-2H;. The Morgan fingerprint density at radius 2 is 1.71 bits per heavy atom. The molecule has 0 atom stereocenters. The summed E-state index contributed by atoms with van der Waals surface area (Å²) in [6, 6.07) is 15.3. The Morgan fingerprint density at radius 1 is 1.12 bits per heavy atom. The van der Waals surface area contributed by atoms with E-state index >= 15 is 0 Å². The molecule has 0 aliphatic carbocycles. The summed E-state index contributed by atoms with van der Waals surface area (Å²) < 4.78 is 19.7. The van der Waals surface area contributed by atoms with E-state index in [0.29, 0.717) is 0 Å². The van der Waals surface area contributed by atoms with Gasteiger partial charge in [0.1, 0.15) is 5.82 Å². The molecule has 17 heavy (non-hydrogen) atoms. The van der Waals surface area contributed by atoms with Gasteiger partial charge in [0, 0.05) is 0 Å². The van der Waals surface area contributed by atoms with Crippen LogP contribution in [-0.4, -0.2) is 34.1 Å². The van der Waals surface area contributed by atoms with E-state index in [1.165, 1.54) is 6.07 Å². The average molecular weight is 259 g/mol. The van der Waals surface area contributed by atoms with E-state index in [1.807, 2.05) is 31.2 Å². The van der Waals surface area contributed by atoms with Crippen LogP contribution >= 0.6 is 12.9 Å². The molecule has 1 radical (unpaired) electrons. The van der Waals surface area contributed by atoms with Crippen LogP contribution in [0.2, 0.25) is 0 Å². The van der Waals surface area contributed by atoms with Crippen LogP contribution < -0.4 is 0 Å². The number of hydrogen-bond acceptors (Lipinski definition) is 2. The van der Waals surface area contributed by atoms with Crippen molar-refractivity contribution in [2.45, 2.75) is 6.92 Å². The first-order valence-electron chi connectivity index (χ1n) is 4.70. The summed E-state index contributed by atoms with van der Waals surface area (Å²) in [6.07, 6.45) is 0. The number of aryl methyl sites for hydroxylation is 1. The predicted octanol–water partition coefficient (Wildman–Crippen LogP) is 3.34. The first-order valence-corrected chi connectivity index (χ1v) is 5.10. The van der Waals surface area contributed by atoms with E-state index in [-0.39, 0.29) is 35.4 Å². The van der Waals surface area contributed by atoms with Gasteiger partial charge in [0.2, 0.25) is 0 Å². The predicted molar refractivity (Wildman–Crippen MR) is 74.2 cm³/mol. The maximum atomic E-state index is 13.0. The zero-order valence-electron chi connectivity index (χ0n) is 8.81. The molecule has 0 aromatic heterocycles. The van der Waals surface area contributed by atoms with Crippen molar-refractivity contribution in [3.63, 3.8) is 0 Å². The number of halogens is 1. The van der Waals surface area contributed by atoms with Crippen molar-refractivity contribution in [2.75, 3.05) is 0 Å². The molecular formula is C13H13FNaOS. The molecule has 85 valence electrons. The summed E-state index contributed by atoms with van der Waals surface area (Å²) in [5.74, 6) is -0.196. The molecule has 0 bridgehead atoms. The van der Waals surface area contributed by atoms with Crippen LogP contribution in [-0.2, 0) is 0 Å². The second-order valence-electron chi connectivity index (χ2n) is 3.25. The van der Waals surface area contributed by atoms with Gasteiger partial charge >= 0.3 is 29.6 Å². The average Bonchev–Trinajstić information content (AvgIpc) is 2.36.